The minimum atomic E-state index is -0.599. The SMILES string of the molecule is CCOc1cc(/C=N/NC(=O)Cn2cc([N+](=O)[O-])cn2)cc(Br)c1O. The molecular formula is C14H14BrN5O5. The van der Waals surface area contributed by atoms with Gasteiger partial charge in [0.05, 0.1) is 22.2 Å². The molecule has 2 N–H and O–H groups in total. The van der Waals surface area contributed by atoms with Gasteiger partial charge in [-0.15, -0.1) is 0 Å². The number of hydrogen-bond acceptors (Lipinski definition) is 7. The molecule has 0 saturated heterocycles. The molecule has 0 atom stereocenters. The molecule has 1 heterocycles. The van der Waals surface area contributed by atoms with Crippen molar-refractivity contribution in [3.63, 3.8) is 0 Å². The largest absolute Gasteiger partial charge is 0.503 e. The zero-order valence-electron chi connectivity index (χ0n) is 13.0. The summed E-state index contributed by atoms with van der Waals surface area (Å²) in [7, 11) is 0. The summed E-state index contributed by atoms with van der Waals surface area (Å²) < 4.78 is 6.85. The number of carbonyl (C=O) groups excluding carboxylic acids is 1. The number of amides is 1. The number of phenols is 1. The van der Waals surface area contributed by atoms with Gasteiger partial charge in [0.1, 0.15) is 18.9 Å². The average molecular weight is 412 g/mol. The molecule has 0 saturated carbocycles. The van der Waals surface area contributed by atoms with Gasteiger partial charge in [0.25, 0.3) is 5.91 Å². The molecule has 1 amide bonds. The third-order valence-corrected chi connectivity index (χ3v) is 3.49. The maximum absolute atomic E-state index is 11.7. The van der Waals surface area contributed by atoms with Gasteiger partial charge in [-0.05, 0) is 40.5 Å². The molecule has 1 aromatic carbocycles. The number of nitro groups is 1. The number of hydrogen-bond donors (Lipinski definition) is 2. The summed E-state index contributed by atoms with van der Waals surface area (Å²) in [5, 5.41) is 27.9. The quantitative estimate of drug-likeness (QED) is 0.405. The van der Waals surface area contributed by atoms with E-state index in [9.17, 15) is 20.0 Å². The second kappa shape index (κ2) is 8.24. The van der Waals surface area contributed by atoms with Gasteiger partial charge in [-0.25, -0.2) is 5.43 Å². The highest BCUT2D eigenvalue weighted by Crippen LogP contribution is 2.34. The molecular weight excluding hydrogens is 398 g/mol. The van der Waals surface area contributed by atoms with E-state index in [1.807, 2.05) is 0 Å². The van der Waals surface area contributed by atoms with Crippen LogP contribution in [0.25, 0.3) is 0 Å². The van der Waals surface area contributed by atoms with Crippen molar-refractivity contribution in [1.29, 1.82) is 0 Å². The van der Waals surface area contributed by atoms with Crippen molar-refractivity contribution < 1.29 is 19.6 Å². The molecule has 0 radical (unpaired) electrons. The van der Waals surface area contributed by atoms with Gasteiger partial charge in [0.15, 0.2) is 11.5 Å². The van der Waals surface area contributed by atoms with Crippen LogP contribution in [-0.4, -0.2) is 38.5 Å². The highest BCUT2D eigenvalue weighted by atomic mass is 79.9. The minimum absolute atomic E-state index is 0.0247. The molecule has 2 aromatic rings. The Bertz CT molecular complexity index is 820. The van der Waals surface area contributed by atoms with E-state index in [0.29, 0.717) is 16.6 Å². The number of aromatic nitrogens is 2. The van der Waals surface area contributed by atoms with Crippen molar-refractivity contribution in [2.24, 2.45) is 5.10 Å². The van der Waals surface area contributed by atoms with E-state index in [1.165, 1.54) is 6.21 Å². The Labute approximate surface area is 150 Å². The fourth-order valence-corrected chi connectivity index (χ4v) is 2.29. The molecule has 1 aromatic heterocycles. The second-order valence-corrected chi connectivity index (χ2v) is 5.58. The van der Waals surface area contributed by atoms with Gasteiger partial charge in [-0.3, -0.25) is 19.6 Å². The fourth-order valence-electron chi connectivity index (χ4n) is 1.83. The molecule has 132 valence electrons. The lowest BCUT2D eigenvalue weighted by molar-refractivity contribution is -0.385. The van der Waals surface area contributed by atoms with E-state index in [-0.39, 0.29) is 23.7 Å². The van der Waals surface area contributed by atoms with Crippen LogP contribution in [0.5, 0.6) is 11.5 Å². The second-order valence-electron chi connectivity index (χ2n) is 4.73. The van der Waals surface area contributed by atoms with Crippen molar-refractivity contribution in [3.8, 4) is 11.5 Å². The summed E-state index contributed by atoms with van der Waals surface area (Å²) in [6.45, 7) is 1.95. The van der Waals surface area contributed by atoms with Crippen LogP contribution in [0.4, 0.5) is 5.69 Å². The van der Waals surface area contributed by atoms with Gasteiger partial charge in [0.2, 0.25) is 0 Å². The minimum Gasteiger partial charge on any atom is -0.503 e. The highest BCUT2D eigenvalue weighted by Gasteiger charge is 2.11. The zero-order chi connectivity index (χ0) is 18.4. The topological polar surface area (TPSA) is 132 Å². The molecule has 11 heteroatoms. The lowest BCUT2D eigenvalue weighted by Crippen LogP contribution is -2.23. The number of nitrogens with one attached hydrogen (secondary N) is 1. The molecule has 25 heavy (non-hydrogen) atoms. The summed E-state index contributed by atoms with van der Waals surface area (Å²) in [5.74, 6) is -0.242. The van der Waals surface area contributed by atoms with E-state index in [1.54, 1.807) is 19.1 Å². The number of benzene rings is 1. The van der Waals surface area contributed by atoms with E-state index in [4.69, 9.17) is 4.74 Å². The van der Waals surface area contributed by atoms with Crippen LogP contribution in [0, 0.1) is 10.1 Å². The van der Waals surface area contributed by atoms with Crippen molar-refractivity contribution >= 4 is 33.7 Å². The van der Waals surface area contributed by atoms with Gasteiger partial charge in [0, 0.05) is 0 Å². The summed E-state index contributed by atoms with van der Waals surface area (Å²) in [6.07, 6.45) is 3.57. The number of carbonyl (C=O) groups is 1. The van der Waals surface area contributed by atoms with Crippen LogP contribution in [0.2, 0.25) is 0 Å². The maximum atomic E-state index is 11.7. The Balaban J connectivity index is 1.97. The Morgan fingerprint density at radius 2 is 2.36 bits per heavy atom. The Morgan fingerprint density at radius 1 is 1.60 bits per heavy atom. The molecule has 0 unspecified atom stereocenters. The molecule has 2 rings (SSSR count). The van der Waals surface area contributed by atoms with E-state index in [2.05, 4.69) is 31.6 Å². The Morgan fingerprint density at radius 3 is 3.00 bits per heavy atom. The van der Waals surface area contributed by atoms with Crippen LogP contribution >= 0.6 is 15.9 Å². The molecule has 0 aliphatic rings. The average Bonchev–Trinajstić information content (AvgIpc) is 3.01. The van der Waals surface area contributed by atoms with E-state index < -0.39 is 10.8 Å². The molecule has 0 spiro atoms. The first-order chi connectivity index (χ1) is 11.9. The smallest absolute Gasteiger partial charge is 0.307 e. The molecule has 0 aliphatic carbocycles. The summed E-state index contributed by atoms with van der Waals surface area (Å²) in [5.41, 5.74) is 2.67. The van der Waals surface area contributed by atoms with E-state index in [0.717, 1.165) is 17.1 Å². The standard InChI is InChI=1S/C14H14BrN5O5/c1-2-25-12-4-9(3-11(15)14(12)22)5-16-18-13(21)8-19-7-10(6-17-19)20(23)24/h3-7,22H,2,8H2,1H3,(H,18,21)/b16-5+. The van der Waals surface area contributed by atoms with Crippen LogP contribution in [0.1, 0.15) is 12.5 Å². The number of ether oxygens (including phenoxy) is 1. The van der Waals surface area contributed by atoms with Gasteiger partial charge < -0.3 is 9.84 Å². The first-order valence-corrected chi connectivity index (χ1v) is 7.84. The number of aromatic hydroxyl groups is 1. The monoisotopic (exact) mass is 411 g/mol. The van der Waals surface area contributed by atoms with Crippen molar-refractivity contribution in [2.75, 3.05) is 6.61 Å². The number of rotatable bonds is 7. The van der Waals surface area contributed by atoms with Crippen LogP contribution in [-0.2, 0) is 11.3 Å². The van der Waals surface area contributed by atoms with Gasteiger partial charge in [-0.1, -0.05) is 0 Å². The maximum Gasteiger partial charge on any atom is 0.307 e. The zero-order valence-corrected chi connectivity index (χ0v) is 14.6. The molecule has 0 fully saturated rings. The third-order valence-electron chi connectivity index (χ3n) is 2.89. The molecule has 10 nitrogen and oxygen atoms in total. The first kappa shape index (κ1) is 18.4. The van der Waals surface area contributed by atoms with Gasteiger partial charge >= 0.3 is 5.69 Å². The highest BCUT2D eigenvalue weighted by molar-refractivity contribution is 9.10. The van der Waals surface area contributed by atoms with Crippen molar-refractivity contribution in [3.05, 3.63) is 44.7 Å². The van der Waals surface area contributed by atoms with Crippen LogP contribution < -0.4 is 10.2 Å². The normalized spacial score (nSPS) is 10.8. The number of halogens is 1. The lowest BCUT2D eigenvalue weighted by Gasteiger charge is -2.08. The van der Waals surface area contributed by atoms with E-state index >= 15 is 0 Å². The van der Waals surface area contributed by atoms with Gasteiger partial charge in [-0.2, -0.15) is 10.2 Å². The van der Waals surface area contributed by atoms with Crippen molar-refractivity contribution in [1.82, 2.24) is 15.2 Å². The molecule has 0 bridgehead atoms. The molecule has 0 aliphatic heterocycles. The predicted octanol–water partition coefficient (Wildman–Crippen LogP) is 1.81. The Kier molecular flexibility index (Phi) is 6.06. The first-order valence-electron chi connectivity index (χ1n) is 7.04. The Hall–Kier alpha value is -2.95. The predicted molar refractivity (Wildman–Crippen MR) is 91.6 cm³/mol. The van der Waals surface area contributed by atoms with Crippen LogP contribution in [0.3, 0.4) is 0 Å². The number of hydrazone groups is 1. The summed E-state index contributed by atoms with van der Waals surface area (Å²) >= 11 is 3.20. The number of nitrogens with zero attached hydrogens (tertiary/aromatic N) is 4. The third kappa shape index (κ3) is 5.01. The van der Waals surface area contributed by atoms with Crippen LogP contribution in [0.15, 0.2) is 34.1 Å². The fraction of sp³-hybridized carbons (Fsp3) is 0.214. The summed E-state index contributed by atoms with van der Waals surface area (Å²) in [4.78, 5) is 21.7. The lowest BCUT2D eigenvalue weighted by atomic mass is 10.2. The van der Waals surface area contributed by atoms with Crippen molar-refractivity contribution in [2.45, 2.75) is 13.5 Å². The number of phenolic OH excluding ortho intramolecular Hbond substituents is 1. The summed E-state index contributed by atoms with van der Waals surface area (Å²) in [6, 6.07) is 3.17.